The van der Waals surface area contributed by atoms with Gasteiger partial charge in [-0.1, -0.05) is 29.5 Å². The number of anilines is 2. The first-order chi connectivity index (χ1) is 13.4. The standard InChI is InChI=1S/C18H20N6O2S2/c1-11-4-6-13(7-5-11)20-15(25)10-14-22-23-18(24(14)3)28-12(2)16(26)21-17-19-8-9-27-17/h4-9,12H,10H2,1-3H3,(H,20,25)(H,19,21,26). The summed E-state index contributed by atoms with van der Waals surface area (Å²) in [6.45, 7) is 3.77. The number of amides is 2. The van der Waals surface area contributed by atoms with Crippen LogP contribution in [0.4, 0.5) is 10.8 Å². The number of thioether (sulfide) groups is 1. The van der Waals surface area contributed by atoms with E-state index in [1.165, 1.54) is 23.1 Å². The largest absolute Gasteiger partial charge is 0.326 e. The molecule has 146 valence electrons. The zero-order chi connectivity index (χ0) is 20.1. The van der Waals surface area contributed by atoms with E-state index in [0.29, 0.717) is 16.1 Å². The molecule has 10 heteroatoms. The molecular weight excluding hydrogens is 396 g/mol. The predicted molar refractivity (Wildman–Crippen MR) is 111 cm³/mol. The van der Waals surface area contributed by atoms with Crippen LogP contribution in [0.15, 0.2) is 41.0 Å². The molecule has 2 N–H and O–H groups in total. The smallest absolute Gasteiger partial charge is 0.239 e. The molecule has 0 saturated heterocycles. The van der Waals surface area contributed by atoms with Gasteiger partial charge in [0.25, 0.3) is 0 Å². The Balaban J connectivity index is 1.57. The fraction of sp³-hybridized carbons (Fsp3) is 0.278. The van der Waals surface area contributed by atoms with Crippen molar-refractivity contribution < 1.29 is 9.59 Å². The molecule has 8 nitrogen and oxygen atoms in total. The Hall–Kier alpha value is -2.72. The molecule has 0 saturated carbocycles. The average molecular weight is 417 g/mol. The van der Waals surface area contributed by atoms with Gasteiger partial charge in [0.1, 0.15) is 5.82 Å². The molecule has 0 radical (unpaired) electrons. The second-order valence-electron chi connectivity index (χ2n) is 6.14. The van der Waals surface area contributed by atoms with Crippen LogP contribution < -0.4 is 10.6 Å². The highest BCUT2D eigenvalue weighted by Crippen LogP contribution is 2.23. The van der Waals surface area contributed by atoms with Crippen LogP contribution in [0.1, 0.15) is 18.3 Å². The summed E-state index contributed by atoms with van der Waals surface area (Å²) in [6.07, 6.45) is 1.73. The summed E-state index contributed by atoms with van der Waals surface area (Å²) in [4.78, 5) is 28.6. The number of nitrogens with zero attached hydrogens (tertiary/aromatic N) is 4. The lowest BCUT2D eigenvalue weighted by Crippen LogP contribution is -2.22. The third-order valence-corrected chi connectivity index (χ3v) is 5.72. The van der Waals surface area contributed by atoms with Gasteiger partial charge in [0.05, 0.1) is 11.7 Å². The molecule has 0 aliphatic rings. The van der Waals surface area contributed by atoms with Crippen molar-refractivity contribution in [2.45, 2.75) is 30.7 Å². The number of hydrogen-bond acceptors (Lipinski definition) is 7. The van der Waals surface area contributed by atoms with Crippen molar-refractivity contribution in [3.63, 3.8) is 0 Å². The molecule has 0 bridgehead atoms. The minimum Gasteiger partial charge on any atom is -0.326 e. The zero-order valence-electron chi connectivity index (χ0n) is 15.7. The van der Waals surface area contributed by atoms with Crippen LogP contribution in [0.5, 0.6) is 0 Å². The molecule has 3 aromatic rings. The van der Waals surface area contributed by atoms with Crippen LogP contribution in [0, 0.1) is 6.92 Å². The Bertz CT molecular complexity index is 953. The molecule has 1 atom stereocenters. The topological polar surface area (TPSA) is 102 Å². The van der Waals surface area contributed by atoms with Crippen molar-refractivity contribution in [3.8, 4) is 0 Å². The van der Waals surface area contributed by atoms with Gasteiger partial charge in [-0.3, -0.25) is 9.59 Å². The molecular formula is C18H20N6O2S2. The highest BCUT2D eigenvalue weighted by atomic mass is 32.2. The van der Waals surface area contributed by atoms with E-state index in [9.17, 15) is 9.59 Å². The average Bonchev–Trinajstić information content (AvgIpc) is 3.29. The number of nitrogens with one attached hydrogen (secondary N) is 2. The van der Waals surface area contributed by atoms with Gasteiger partial charge < -0.3 is 15.2 Å². The minimum absolute atomic E-state index is 0.0949. The second kappa shape index (κ2) is 8.98. The van der Waals surface area contributed by atoms with Crippen LogP contribution in [0.2, 0.25) is 0 Å². The summed E-state index contributed by atoms with van der Waals surface area (Å²) in [7, 11) is 1.78. The summed E-state index contributed by atoms with van der Waals surface area (Å²) in [5.74, 6) is 0.187. The van der Waals surface area contributed by atoms with Gasteiger partial charge in [0.15, 0.2) is 10.3 Å². The van der Waals surface area contributed by atoms with Crippen LogP contribution >= 0.6 is 23.1 Å². The van der Waals surface area contributed by atoms with E-state index in [1.54, 1.807) is 30.1 Å². The SMILES string of the molecule is Cc1ccc(NC(=O)Cc2nnc(SC(C)C(=O)Nc3nccs3)n2C)cc1. The lowest BCUT2D eigenvalue weighted by Gasteiger charge is -2.10. The van der Waals surface area contributed by atoms with Crippen LogP contribution in [-0.4, -0.2) is 36.8 Å². The third-order valence-electron chi connectivity index (χ3n) is 3.89. The van der Waals surface area contributed by atoms with Crippen molar-refractivity contribution in [1.29, 1.82) is 0 Å². The molecule has 0 aliphatic carbocycles. The van der Waals surface area contributed by atoms with Gasteiger partial charge in [-0.2, -0.15) is 0 Å². The van der Waals surface area contributed by atoms with Gasteiger partial charge in [-0.15, -0.1) is 21.5 Å². The number of carbonyl (C=O) groups is 2. The Morgan fingerprint density at radius 2 is 1.96 bits per heavy atom. The van der Waals surface area contributed by atoms with E-state index in [2.05, 4.69) is 25.8 Å². The summed E-state index contributed by atoms with van der Waals surface area (Å²) in [5.41, 5.74) is 1.86. The summed E-state index contributed by atoms with van der Waals surface area (Å²) in [6, 6.07) is 7.58. The molecule has 0 fully saturated rings. The molecule has 28 heavy (non-hydrogen) atoms. The van der Waals surface area contributed by atoms with E-state index in [4.69, 9.17) is 0 Å². The van der Waals surface area contributed by atoms with Gasteiger partial charge in [-0.25, -0.2) is 4.98 Å². The molecule has 3 rings (SSSR count). The number of carbonyl (C=O) groups excluding carboxylic acids is 2. The number of aryl methyl sites for hydroxylation is 1. The Morgan fingerprint density at radius 3 is 2.64 bits per heavy atom. The maximum atomic E-state index is 12.3. The van der Waals surface area contributed by atoms with E-state index < -0.39 is 0 Å². The molecule has 1 unspecified atom stereocenters. The van der Waals surface area contributed by atoms with Gasteiger partial charge in [0.2, 0.25) is 11.8 Å². The molecule has 1 aromatic carbocycles. The number of benzene rings is 1. The van der Waals surface area contributed by atoms with E-state index in [0.717, 1.165) is 11.3 Å². The molecule has 0 aliphatic heterocycles. The summed E-state index contributed by atoms with van der Waals surface area (Å²) < 4.78 is 1.73. The first-order valence-electron chi connectivity index (χ1n) is 8.54. The second-order valence-corrected chi connectivity index (χ2v) is 8.34. The van der Waals surface area contributed by atoms with E-state index in [-0.39, 0.29) is 23.5 Å². The third kappa shape index (κ3) is 5.17. The molecule has 0 spiro atoms. The van der Waals surface area contributed by atoms with Crippen molar-refractivity contribution in [3.05, 3.63) is 47.2 Å². The Kier molecular flexibility index (Phi) is 6.42. The number of hydrogen-bond donors (Lipinski definition) is 2. The normalized spacial score (nSPS) is 11.8. The van der Waals surface area contributed by atoms with Crippen molar-refractivity contribution in [2.75, 3.05) is 10.6 Å². The summed E-state index contributed by atoms with van der Waals surface area (Å²) in [5, 5.41) is 16.3. The van der Waals surface area contributed by atoms with E-state index >= 15 is 0 Å². The van der Waals surface area contributed by atoms with Crippen molar-refractivity contribution >= 4 is 45.7 Å². The van der Waals surface area contributed by atoms with Gasteiger partial charge >= 0.3 is 0 Å². The minimum atomic E-state index is -0.388. The molecule has 2 heterocycles. The van der Waals surface area contributed by atoms with Gasteiger partial charge in [-0.05, 0) is 26.0 Å². The maximum Gasteiger partial charge on any atom is 0.239 e. The highest BCUT2D eigenvalue weighted by Gasteiger charge is 2.20. The van der Waals surface area contributed by atoms with E-state index in [1.807, 2.05) is 31.2 Å². The maximum absolute atomic E-state index is 12.3. The lowest BCUT2D eigenvalue weighted by atomic mass is 10.2. The Morgan fingerprint density at radius 1 is 1.21 bits per heavy atom. The van der Waals surface area contributed by atoms with Crippen LogP contribution in [0.25, 0.3) is 0 Å². The predicted octanol–water partition coefficient (Wildman–Crippen LogP) is 2.88. The highest BCUT2D eigenvalue weighted by molar-refractivity contribution is 8.00. The summed E-state index contributed by atoms with van der Waals surface area (Å²) >= 11 is 2.64. The van der Waals surface area contributed by atoms with Crippen LogP contribution in [0.3, 0.4) is 0 Å². The first kappa shape index (κ1) is 20.0. The number of rotatable bonds is 7. The monoisotopic (exact) mass is 416 g/mol. The molecule has 2 amide bonds. The lowest BCUT2D eigenvalue weighted by molar-refractivity contribution is -0.116. The van der Waals surface area contributed by atoms with Crippen molar-refractivity contribution in [1.82, 2.24) is 19.7 Å². The quantitative estimate of drug-likeness (QED) is 0.574. The zero-order valence-corrected chi connectivity index (χ0v) is 17.3. The Labute approximate surface area is 170 Å². The number of aromatic nitrogens is 4. The van der Waals surface area contributed by atoms with Crippen molar-refractivity contribution in [2.24, 2.45) is 7.05 Å². The molecule has 2 aromatic heterocycles. The van der Waals surface area contributed by atoms with Crippen LogP contribution in [-0.2, 0) is 23.1 Å². The fourth-order valence-corrected chi connectivity index (χ4v) is 3.66. The number of thiazole rings is 1. The first-order valence-corrected chi connectivity index (χ1v) is 10.3. The van der Waals surface area contributed by atoms with Gasteiger partial charge in [0, 0.05) is 24.3 Å². The fourth-order valence-electron chi connectivity index (χ4n) is 2.29.